The standard InChI is InChI=1S/C10H16N2O/c1-2-3-10-9(12-7-13-10)6-11-8-4-5-8/h7-8,11H,2-6H2,1H3. The fourth-order valence-electron chi connectivity index (χ4n) is 1.40. The molecule has 13 heavy (non-hydrogen) atoms. The highest BCUT2D eigenvalue weighted by atomic mass is 16.3. The van der Waals surface area contributed by atoms with E-state index in [-0.39, 0.29) is 0 Å². The van der Waals surface area contributed by atoms with Crippen molar-refractivity contribution in [2.45, 2.75) is 45.2 Å². The van der Waals surface area contributed by atoms with E-state index in [4.69, 9.17) is 4.42 Å². The molecule has 2 rings (SSSR count). The topological polar surface area (TPSA) is 38.1 Å². The second-order valence-corrected chi connectivity index (χ2v) is 3.63. The number of hydrogen-bond donors (Lipinski definition) is 1. The van der Waals surface area contributed by atoms with Crippen molar-refractivity contribution in [3.63, 3.8) is 0 Å². The Labute approximate surface area is 78.5 Å². The maximum atomic E-state index is 5.31. The van der Waals surface area contributed by atoms with E-state index in [0.29, 0.717) is 0 Å². The SMILES string of the molecule is CCCc1ocnc1CNC1CC1. The van der Waals surface area contributed by atoms with Gasteiger partial charge in [-0.15, -0.1) is 0 Å². The molecule has 1 aromatic rings. The van der Waals surface area contributed by atoms with E-state index in [0.717, 1.165) is 36.9 Å². The Hall–Kier alpha value is -0.830. The van der Waals surface area contributed by atoms with Gasteiger partial charge in [0.25, 0.3) is 0 Å². The van der Waals surface area contributed by atoms with Crippen molar-refractivity contribution in [1.82, 2.24) is 10.3 Å². The number of aryl methyl sites for hydroxylation is 1. The zero-order valence-corrected chi connectivity index (χ0v) is 8.05. The molecule has 1 aliphatic carbocycles. The van der Waals surface area contributed by atoms with Gasteiger partial charge in [-0.3, -0.25) is 0 Å². The summed E-state index contributed by atoms with van der Waals surface area (Å²) in [6.07, 6.45) is 6.31. The average Bonchev–Trinajstić information content (AvgIpc) is 2.86. The summed E-state index contributed by atoms with van der Waals surface area (Å²) in [5, 5.41) is 3.44. The highest BCUT2D eigenvalue weighted by Crippen LogP contribution is 2.19. The summed E-state index contributed by atoms with van der Waals surface area (Å²) in [5.41, 5.74) is 1.09. The zero-order chi connectivity index (χ0) is 9.10. The van der Waals surface area contributed by atoms with Gasteiger partial charge in [0, 0.05) is 19.0 Å². The van der Waals surface area contributed by atoms with Gasteiger partial charge < -0.3 is 9.73 Å². The van der Waals surface area contributed by atoms with Crippen molar-refractivity contribution < 1.29 is 4.42 Å². The number of rotatable bonds is 5. The van der Waals surface area contributed by atoms with Gasteiger partial charge in [-0.1, -0.05) is 6.92 Å². The molecule has 0 atom stereocenters. The van der Waals surface area contributed by atoms with E-state index in [2.05, 4.69) is 17.2 Å². The Morgan fingerprint density at radius 3 is 3.15 bits per heavy atom. The summed E-state index contributed by atoms with van der Waals surface area (Å²) in [6.45, 7) is 3.02. The van der Waals surface area contributed by atoms with Crippen LogP contribution in [0.25, 0.3) is 0 Å². The maximum Gasteiger partial charge on any atom is 0.181 e. The van der Waals surface area contributed by atoms with E-state index in [9.17, 15) is 0 Å². The molecule has 0 radical (unpaired) electrons. The molecule has 1 N–H and O–H groups in total. The minimum atomic E-state index is 0.742. The van der Waals surface area contributed by atoms with Crippen LogP contribution in [0.5, 0.6) is 0 Å². The minimum absolute atomic E-state index is 0.742. The molecular weight excluding hydrogens is 164 g/mol. The van der Waals surface area contributed by atoms with E-state index >= 15 is 0 Å². The summed E-state index contributed by atoms with van der Waals surface area (Å²) in [5.74, 6) is 1.05. The van der Waals surface area contributed by atoms with Gasteiger partial charge in [-0.25, -0.2) is 4.98 Å². The molecule has 0 amide bonds. The highest BCUT2D eigenvalue weighted by Gasteiger charge is 2.21. The first-order chi connectivity index (χ1) is 6.40. The first-order valence-corrected chi connectivity index (χ1v) is 5.04. The van der Waals surface area contributed by atoms with Crippen molar-refractivity contribution in [2.24, 2.45) is 0 Å². The van der Waals surface area contributed by atoms with Crippen LogP contribution in [0.15, 0.2) is 10.8 Å². The lowest BCUT2D eigenvalue weighted by atomic mass is 10.2. The second-order valence-electron chi connectivity index (χ2n) is 3.63. The first-order valence-electron chi connectivity index (χ1n) is 5.04. The third-order valence-electron chi connectivity index (χ3n) is 2.34. The van der Waals surface area contributed by atoms with Crippen LogP contribution in [-0.2, 0) is 13.0 Å². The summed E-state index contributed by atoms with van der Waals surface area (Å²) < 4.78 is 5.31. The Morgan fingerprint density at radius 2 is 2.46 bits per heavy atom. The van der Waals surface area contributed by atoms with Crippen molar-refractivity contribution in [3.05, 3.63) is 17.8 Å². The lowest BCUT2D eigenvalue weighted by molar-refractivity contribution is 0.495. The van der Waals surface area contributed by atoms with E-state index in [1.807, 2.05) is 0 Å². The van der Waals surface area contributed by atoms with Crippen molar-refractivity contribution >= 4 is 0 Å². The Morgan fingerprint density at radius 1 is 1.62 bits per heavy atom. The van der Waals surface area contributed by atoms with E-state index in [1.165, 1.54) is 12.8 Å². The third-order valence-corrected chi connectivity index (χ3v) is 2.34. The van der Waals surface area contributed by atoms with Crippen molar-refractivity contribution in [2.75, 3.05) is 0 Å². The largest absolute Gasteiger partial charge is 0.448 e. The molecule has 3 heteroatoms. The summed E-state index contributed by atoms with van der Waals surface area (Å²) >= 11 is 0. The molecule has 1 saturated carbocycles. The molecule has 1 fully saturated rings. The summed E-state index contributed by atoms with van der Waals surface area (Å²) in [7, 11) is 0. The summed E-state index contributed by atoms with van der Waals surface area (Å²) in [4.78, 5) is 4.21. The number of hydrogen-bond acceptors (Lipinski definition) is 3. The molecule has 0 aliphatic heterocycles. The molecule has 0 saturated heterocycles. The van der Waals surface area contributed by atoms with Crippen molar-refractivity contribution in [1.29, 1.82) is 0 Å². The normalized spacial score (nSPS) is 16.4. The fraction of sp³-hybridized carbons (Fsp3) is 0.700. The van der Waals surface area contributed by atoms with Crippen LogP contribution in [0.1, 0.15) is 37.6 Å². The maximum absolute atomic E-state index is 5.31. The molecule has 0 bridgehead atoms. The molecule has 72 valence electrons. The number of oxazole rings is 1. The quantitative estimate of drug-likeness (QED) is 0.751. The van der Waals surface area contributed by atoms with Crippen LogP contribution in [0.4, 0.5) is 0 Å². The predicted octanol–water partition coefficient (Wildman–Crippen LogP) is 1.88. The Kier molecular flexibility index (Phi) is 2.64. The minimum Gasteiger partial charge on any atom is -0.448 e. The Bertz CT molecular complexity index is 266. The van der Waals surface area contributed by atoms with Crippen LogP contribution in [0.3, 0.4) is 0 Å². The van der Waals surface area contributed by atoms with Gasteiger partial charge in [-0.05, 0) is 19.3 Å². The second kappa shape index (κ2) is 3.92. The van der Waals surface area contributed by atoms with Gasteiger partial charge in [0.2, 0.25) is 0 Å². The third kappa shape index (κ3) is 2.31. The summed E-state index contributed by atoms with van der Waals surface area (Å²) in [6, 6.07) is 0.742. The van der Waals surface area contributed by atoms with E-state index < -0.39 is 0 Å². The van der Waals surface area contributed by atoms with Gasteiger partial charge in [-0.2, -0.15) is 0 Å². The smallest absolute Gasteiger partial charge is 0.181 e. The zero-order valence-electron chi connectivity index (χ0n) is 8.05. The molecule has 0 spiro atoms. The van der Waals surface area contributed by atoms with Crippen LogP contribution in [-0.4, -0.2) is 11.0 Å². The molecule has 1 aromatic heterocycles. The first kappa shape index (κ1) is 8.75. The van der Waals surface area contributed by atoms with Gasteiger partial charge in [0.05, 0.1) is 5.69 Å². The van der Waals surface area contributed by atoms with Gasteiger partial charge in [0.15, 0.2) is 6.39 Å². The lowest BCUT2D eigenvalue weighted by Crippen LogP contribution is -2.16. The van der Waals surface area contributed by atoms with Crippen LogP contribution in [0, 0.1) is 0 Å². The molecular formula is C10H16N2O. The highest BCUT2D eigenvalue weighted by molar-refractivity contribution is 5.07. The van der Waals surface area contributed by atoms with Crippen LogP contribution in [0.2, 0.25) is 0 Å². The Balaban J connectivity index is 1.88. The molecule has 1 aliphatic rings. The molecule has 0 unspecified atom stereocenters. The predicted molar refractivity (Wildman–Crippen MR) is 50.4 cm³/mol. The monoisotopic (exact) mass is 180 g/mol. The van der Waals surface area contributed by atoms with E-state index in [1.54, 1.807) is 6.39 Å². The van der Waals surface area contributed by atoms with Crippen molar-refractivity contribution in [3.8, 4) is 0 Å². The lowest BCUT2D eigenvalue weighted by Gasteiger charge is -2.00. The molecule has 0 aromatic carbocycles. The average molecular weight is 180 g/mol. The number of nitrogens with one attached hydrogen (secondary N) is 1. The molecule has 1 heterocycles. The number of nitrogens with zero attached hydrogens (tertiary/aromatic N) is 1. The van der Waals surface area contributed by atoms with Gasteiger partial charge in [0.1, 0.15) is 5.76 Å². The van der Waals surface area contributed by atoms with Crippen LogP contribution >= 0.6 is 0 Å². The van der Waals surface area contributed by atoms with Gasteiger partial charge >= 0.3 is 0 Å². The number of aromatic nitrogens is 1. The fourth-order valence-corrected chi connectivity index (χ4v) is 1.40. The molecule has 3 nitrogen and oxygen atoms in total. The van der Waals surface area contributed by atoms with Crippen LogP contribution < -0.4 is 5.32 Å².